The second kappa shape index (κ2) is 5.66. The predicted molar refractivity (Wildman–Crippen MR) is 88.6 cm³/mol. The van der Waals surface area contributed by atoms with Gasteiger partial charge in [-0.1, -0.05) is 40.6 Å². The maximum absolute atomic E-state index is 12.4. The summed E-state index contributed by atoms with van der Waals surface area (Å²) in [7, 11) is 0. The summed E-state index contributed by atoms with van der Waals surface area (Å²) >= 11 is 0. The van der Waals surface area contributed by atoms with Crippen LogP contribution in [0.15, 0.2) is 63.6 Å². The molecule has 0 saturated heterocycles. The predicted octanol–water partition coefficient (Wildman–Crippen LogP) is 4.04. The number of rotatable bonds is 3. The lowest BCUT2D eigenvalue weighted by atomic mass is 10.1. The maximum Gasteiger partial charge on any atom is 0.256 e. The van der Waals surface area contributed by atoms with Crippen molar-refractivity contribution in [2.45, 2.75) is 6.92 Å². The molecular formula is C18H13N3O3. The van der Waals surface area contributed by atoms with Crippen molar-refractivity contribution in [3.8, 4) is 11.3 Å². The number of nitrogens with zero attached hydrogens (tertiary/aromatic N) is 2. The SMILES string of the molecule is Cc1cc(NC(=O)c2ccc3noc(-c4ccccc4)c3c2)no1. The Bertz CT molecular complexity index is 1020. The molecule has 4 aromatic rings. The third kappa shape index (κ3) is 2.54. The Hall–Kier alpha value is -3.41. The summed E-state index contributed by atoms with van der Waals surface area (Å²) in [5.41, 5.74) is 2.09. The number of aromatic nitrogens is 2. The zero-order valence-electron chi connectivity index (χ0n) is 12.8. The maximum atomic E-state index is 12.4. The lowest BCUT2D eigenvalue weighted by Crippen LogP contribution is -2.11. The highest BCUT2D eigenvalue weighted by atomic mass is 16.5. The minimum Gasteiger partial charge on any atom is -0.360 e. The van der Waals surface area contributed by atoms with Crippen LogP contribution >= 0.6 is 0 Å². The number of benzene rings is 2. The van der Waals surface area contributed by atoms with Crippen LogP contribution in [0, 0.1) is 6.92 Å². The molecule has 0 saturated carbocycles. The highest BCUT2D eigenvalue weighted by Gasteiger charge is 2.14. The number of hydrogen-bond donors (Lipinski definition) is 1. The van der Waals surface area contributed by atoms with E-state index in [2.05, 4.69) is 15.6 Å². The third-order valence-electron chi connectivity index (χ3n) is 3.64. The number of carbonyl (C=O) groups excluding carboxylic acids is 1. The Morgan fingerprint density at radius 3 is 2.58 bits per heavy atom. The van der Waals surface area contributed by atoms with Crippen LogP contribution < -0.4 is 5.32 Å². The molecule has 1 amide bonds. The molecule has 0 atom stereocenters. The Labute approximate surface area is 137 Å². The first-order chi connectivity index (χ1) is 11.7. The van der Waals surface area contributed by atoms with Crippen LogP contribution in [0.25, 0.3) is 22.2 Å². The summed E-state index contributed by atoms with van der Waals surface area (Å²) < 4.78 is 10.4. The molecule has 0 aliphatic heterocycles. The summed E-state index contributed by atoms with van der Waals surface area (Å²) in [4.78, 5) is 12.4. The fourth-order valence-electron chi connectivity index (χ4n) is 2.49. The zero-order chi connectivity index (χ0) is 16.5. The molecular weight excluding hydrogens is 306 g/mol. The van der Waals surface area contributed by atoms with Crippen molar-refractivity contribution in [3.63, 3.8) is 0 Å². The molecule has 2 aromatic heterocycles. The number of carbonyl (C=O) groups is 1. The van der Waals surface area contributed by atoms with Crippen molar-refractivity contribution in [2.24, 2.45) is 0 Å². The zero-order valence-corrected chi connectivity index (χ0v) is 12.8. The van der Waals surface area contributed by atoms with Crippen molar-refractivity contribution in [1.82, 2.24) is 10.3 Å². The molecule has 0 radical (unpaired) electrons. The smallest absolute Gasteiger partial charge is 0.256 e. The highest BCUT2D eigenvalue weighted by Crippen LogP contribution is 2.29. The first-order valence-electron chi connectivity index (χ1n) is 7.40. The average Bonchev–Trinajstić information content (AvgIpc) is 3.21. The van der Waals surface area contributed by atoms with E-state index in [0.717, 1.165) is 10.9 Å². The molecule has 0 fully saturated rings. The van der Waals surface area contributed by atoms with Gasteiger partial charge in [-0.05, 0) is 25.1 Å². The Kier molecular flexibility index (Phi) is 3.35. The van der Waals surface area contributed by atoms with Gasteiger partial charge in [-0.15, -0.1) is 0 Å². The molecule has 0 aliphatic carbocycles. The van der Waals surface area contributed by atoms with E-state index >= 15 is 0 Å². The number of amides is 1. The average molecular weight is 319 g/mol. The molecule has 1 N–H and O–H groups in total. The molecule has 0 bridgehead atoms. The van der Waals surface area contributed by atoms with Crippen LogP contribution in [0.3, 0.4) is 0 Å². The van der Waals surface area contributed by atoms with Gasteiger partial charge in [-0.25, -0.2) is 0 Å². The van der Waals surface area contributed by atoms with Crippen LogP contribution in [0.4, 0.5) is 5.82 Å². The van der Waals surface area contributed by atoms with E-state index in [-0.39, 0.29) is 5.91 Å². The van der Waals surface area contributed by atoms with Gasteiger partial charge in [0.25, 0.3) is 5.91 Å². The first kappa shape index (κ1) is 14.2. The van der Waals surface area contributed by atoms with E-state index in [0.29, 0.717) is 28.4 Å². The third-order valence-corrected chi connectivity index (χ3v) is 3.64. The molecule has 2 heterocycles. The van der Waals surface area contributed by atoms with E-state index in [1.807, 2.05) is 30.3 Å². The monoisotopic (exact) mass is 319 g/mol. The Morgan fingerprint density at radius 2 is 1.83 bits per heavy atom. The second-order valence-electron chi connectivity index (χ2n) is 5.39. The normalized spacial score (nSPS) is 10.9. The summed E-state index contributed by atoms with van der Waals surface area (Å²) in [6.45, 7) is 1.76. The minimum absolute atomic E-state index is 0.273. The highest BCUT2D eigenvalue weighted by molar-refractivity contribution is 6.07. The van der Waals surface area contributed by atoms with Crippen molar-refractivity contribution in [2.75, 3.05) is 5.32 Å². The van der Waals surface area contributed by atoms with Crippen LogP contribution in [0.5, 0.6) is 0 Å². The van der Waals surface area contributed by atoms with E-state index in [1.165, 1.54) is 0 Å². The summed E-state index contributed by atoms with van der Waals surface area (Å²) in [6, 6.07) is 16.5. The van der Waals surface area contributed by atoms with Gasteiger partial charge in [0, 0.05) is 17.2 Å². The van der Waals surface area contributed by atoms with Gasteiger partial charge in [0.2, 0.25) is 0 Å². The van der Waals surface area contributed by atoms with Crippen molar-refractivity contribution in [3.05, 3.63) is 65.9 Å². The molecule has 0 unspecified atom stereocenters. The van der Waals surface area contributed by atoms with Gasteiger partial charge in [0.1, 0.15) is 11.3 Å². The number of aryl methyl sites for hydroxylation is 1. The molecule has 4 rings (SSSR count). The lowest BCUT2D eigenvalue weighted by molar-refractivity contribution is 0.102. The van der Waals surface area contributed by atoms with Gasteiger partial charge in [0.05, 0.1) is 5.39 Å². The van der Waals surface area contributed by atoms with Gasteiger partial charge in [-0.3, -0.25) is 4.79 Å². The van der Waals surface area contributed by atoms with Gasteiger partial charge in [0.15, 0.2) is 11.6 Å². The quantitative estimate of drug-likeness (QED) is 0.616. The summed E-state index contributed by atoms with van der Waals surface area (Å²) in [6.07, 6.45) is 0. The van der Waals surface area contributed by atoms with E-state index in [1.54, 1.807) is 31.2 Å². The van der Waals surface area contributed by atoms with Crippen molar-refractivity contribution >= 4 is 22.6 Å². The minimum atomic E-state index is -0.273. The van der Waals surface area contributed by atoms with Gasteiger partial charge >= 0.3 is 0 Å². The largest absolute Gasteiger partial charge is 0.360 e. The summed E-state index contributed by atoms with van der Waals surface area (Å²) in [5, 5.41) is 11.3. The number of nitrogens with one attached hydrogen (secondary N) is 1. The number of hydrogen-bond acceptors (Lipinski definition) is 5. The molecule has 6 nitrogen and oxygen atoms in total. The molecule has 2 aromatic carbocycles. The van der Waals surface area contributed by atoms with E-state index < -0.39 is 0 Å². The van der Waals surface area contributed by atoms with Crippen LogP contribution in [0.1, 0.15) is 16.1 Å². The number of anilines is 1. The van der Waals surface area contributed by atoms with Crippen LogP contribution in [-0.2, 0) is 0 Å². The molecule has 24 heavy (non-hydrogen) atoms. The summed E-state index contributed by atoms with van der Waals surface area (Å²) in [5.74, 6) is 1.38. The van der Waals surface area contributed by atoms with Crippen LogP contribution in [-0.4, -0.2) is 16.2 Å². The Balaban J connectivity index is 1.71. The lowest BCUT2D eigenvalue weighted by Gasteiger charge is -2.02. The number of fused-ring (bicyclic) bond motifs is 1. The topological polar surface area (TPSA) is 81.2 Å². The second-order valence-corrected chi connectivity index (χ2v) is 5.39. The first-order valence-corrected chi connectivity index (χ1v) is 7.40. The Morgan fingerprint density at radius 1 is 1.00 bits per heavy atom. The van der Waals surface area contributed by atoms with Crippen LogP contribution in [0.2, 0.25) is 0 Å². The molecule has 6 heteroatoms. The van der Waals surface area contributed by atoms with E-state index in [4.69, 9.17) is 9.05 Å². The van der Waals surface area contributed by atoms with Crippen molar-refractivity contribution < 1.29 is 13.8 Å². The standard InChI is InChI=1S/C18H13N3O3/c1-11-9-16(21-23-11)19-18(22)13-7-8-15-14(10-13)17(24-20-15)12-5-3-2-4-6-12/h2-10H,1H3,(H,19,21,22). The van der Waals surface area contributed by atoms with Gasteiger partial charge < -0.3 is 14.4 Å². The fourth-order valence-corrected chi connectivity index (χ4v) is 2.49. The van der Waals surface area contributed by atoms with E-state index in [9.17, 15) is 4.79 Å². The van der Waals surface area contributed by atoms with Crippen molar-refractivity contribution in [1.29, 1.82) is 0 Å². The molecule has 118 valence electrons. The fraction of sp³-hybridized carbons (Fsp3) is 0.0556. The molecule has 0 spiro atoms. The molecule has 0 aliphatic rings. The van der Waals surface area contributed by atoms with Gasteiger partial charge in [-0.2, -0.15) is 0 Å².